The number of nitro groups is 1. The van der Waals surface area contributed by atoms with Gasteiger partial charge in [0.25, 0.3) is 6.04 Å². The normalized spacial score (nSPS) is 10.9. The van der Waals surface area contributed by atoms with Gasteiger partial charge in [0.1, 0.15) is 0 Å². The largest absolute Gasteiger partial charge is 0.472 e. The summed E-state index contributed by atoms with van der Waals surface area (Å²) in [7, 11) is 0. The zero-order valence-corrected chi connectivity index (χ0v) is 5.20. The van der Waals surface area contributed by atoms with E-state index in [0.29, 0.717) is 0 Å². The van der Waals surface area contributed by atoms with Crippen LogP contribution in [0.25, 0.3) is 0 Å². The summed E-state index contributed by atoms with van der Waals surface area (Å²) in [4.78, 5) is 18.9. The SMILES string of the molecule is C[C@@H](C#CC(=O)O)[N+](=O)[O-]. The van der Waals surface area contributed by atoms with Crippen molar-refractivity contribution < 1.29 is 14.8 Å². The first-order chi connectivity index (χ1) is 4.54. The van der Waals surface area contributed by atoms with E-state index in [1.807, 2.05) is 5.92 Å². The second kappa shape index (κ2) is 3.45. The molecule has 10 heavy (non-hydrogen) atoms. The topological polar surface area (TPSA) is 80.4 Å². The van der Waals surface area contributed by atoms with Crippen molar-refractivity contribution in [3.8, 4) is 11.8 Å². The number of rotatable bonds is 1. The third-order valence-corrected chi connectivity index (χ3v) is 0.704. The Hall–Kier alpha value is -1.57. The summed E-state index contributed by atoms with van der Waals surface area (Å²) in [5, 5.41) is 17.8. The monoisotopic (exact) mass is 143 g/mol. The summed E-state index contributed by atoms with van der Waals surface area (Å²) in [5.74, 6) is 2.23. The Balaban J connectivity index is 4.05. The molecule has 0 saturated carbocycles. The molecule has 0 saturated heterocycles. The van der Waals surface area contributed by atoms with E-state index in [2.05, 4.69) is 0 Å². The van der Waals surface area contributed by atoms with E-state index in [0.717, 1.165) is 0 Å². The molecule has 0 rings (SSSR count). The van der Waals surface area contributed by atoms with Gasteiger partial charge in [0, 0.05) is 17.8 Å². The molecule has 0 radical (unpaired) electrons. The lowest BCUT2D eigenvalue weighted by atomic mass is 10.4. The molecular weight excluding hydrogens is 138 g/mol. The summed E-state index contributed by atoms with van der Waals surface area (Å²) >= 11 is 0. The molecule has 0 unspecified atom stereocenters. The van der Waals surface area contributed by atoms with Crippen molar-refractivity contribution in [3.63, 3.8) is 0 Å². The van der Waals surface area contributed by atoms with Crippen molar-refractivity contribution >= 4 is 5.97 Å². The Kier molecular flexibility index (Phi) is 2.91. The van der Waals surface area contributed by atoms with Crippen LogP contribution in [0.5, 0.6) is 0 Å². The van der Waals surface area contributed by atoms with Gasteiger partial charge in [0.15, 0.2) is 0 Å². The lowest BCUT2D eigenvalue weighted by molar-refractivity contribution is -0.502. The smallest absolute Gasteiger partial charge is 0.382 e. The fourth-order valence-electron chi connectivity index (χ4n) is 0.219. The van der Waals surface area contributed by atoms with Crippen LogP contribution in [0.3, 0.4) is 0 Å². The molecule has 0 bridgehead atoms. The zero-order chi connectivity index (χ0) is 8.15. The van der Waals surface area contributed by atoms with E-state index < -0.39 is 16.9 Å². The standard InChI is InChI=1S/C5H5NO4/c1-4(6(9)10)2-3-5(7)8/h4H,1H3,(H,7,8)/t4-/m0/s1. The van der Waals surface area contributed by atoms with Crippen molar-refractivity contribution in [3.05, 3.63) is 10.1 Å². The predicted molar refractivity (Wildman–Crippen MR) is 31.9 cm³/mol. The second-order valence-corrected chi connectivity index (χ2v) is 1.54. The van der Waals surface area contributed by atoms with Crippen LogP contribution in [0.1, 0.15) is 6.92 Å². The summed E-state index contributed by atoms with van der Waals surface area (Å²) in [6.45, 7) is 1.22. The molecular formula is C5H5NO4. The van der Waals surface area contributed by atoms with Gasteiger partial charge in [-0.2, -0.15) is 0 Å². The van der Waals surface area contributed by atoms with Crippen molar-refractivity contribution in [2.24, 2.45) is 0 Å². The van der Waals surface area contributed by atoms with Crippen LogP contribution in [0, 0.1) is 22.0 Å². The molecule has 0 aliphatic carbocycles. The fourth-order valence-corrected chi connectivity index (χ4v) is 0.219. The van der Waals surface area contributed by atoms with Crippen molar-refractivity contribution in [2.45, 2.75) is 13.0 Å². The van der Waals surface area contributed by atoms with Gasteiger partial charge < -0.3 is 5.11 Å². The van der Waals surface area contributed by atoms with Crippen LogP contribution in [-0.2, 0) is 4.79 Å². The van der Waals surface area contributed by atoms with E-state index in [-0.39, 0.29) is 0 Å². The minimum absolute atomic E-state index is 0.657. The first-order valence-electron chi connectivity index (χ1n) is 2.42. The molecule has 54 valence electrons. The fraction of sp³-hybridized carbons (Fsp3) is 0.400. The molecule has 0 fully saturated rings. The average molecular weight is 143 g/mol. The van der Waals surface area contributed by atoms with E-state index in [1.54, 1.807) is 5.92 Å². The van der Waals surface area contributed by atoms with Gasteiger partial charge >= 0.3 is 5.97 Å². The third kappa shape index (κ3) is 3.43. The van der Waals surface area contributed by atoms with Crippen molar-refractivity contribution in [1.82, 2.24) is 0 Å². The molecule has 0 aromatic carbocycles. The van der Waals surface area contributed by atoms with Gasteiger partial charge in [-0.3, -0.25) is 10.1 Å². The number of nitrogens with zero attached hydrogens (tertiary/aromatic N) is 1. The van der Waals surface area contributed by atoms with E-state index in [4.69, 9.17) is 5.11 Å². The molecule has 5 nitrogen and oxygen atoms in total. The molecule has 0 aliphatic rings. The number of carbonyl (C=O) groups is 1. The number of aliphatic carboxylic acids is 1. The Morgan fingerprint density at radius 2 is 2.30 bits per heavy atom. The molecule has 0 amide bonds. The lowest BCUT2D eigenvalue weighted by Gasteiger charge is -1.89. The van der Waals surface area contributed by atoms with Crippen molar-refractivity contribution in [1.29, 1.82) is 0 Å². The van der Waals surface area contributed by atoms with Gasteiger partial charge in [0.2, 0.25) is 0 Å². The maximum atomic E-state index is 9.82. The molecule has 1 atom stereocenters. The van der Waals surface area contributed by atoms with Gasteiger partial charge in [-0.15, -0.1) is 0 Å². The second-order valence-electron chi connectivity index (χ2n) is 1.54. The number of hydrogen-bond acceptors (Lipinski definition) is 3. The highest BCUT2D eigenvalue weighted by atomic mass is 16.6. The van der Waals surface area contributed by atoms with Gasteiger partial charge in [-0.05, 0) is 5.92 Å². The highest BCUT2D eigenvalue weighted by Gasteiger charge is 2.06. The van der Waals surface area contributed by atoms with E-state index in [9.17, 15) is 14.9 Å². The first kappa shape index (κ1) is 8.43. The van der Waals surface area contributed by atoms with Gasteiger partial charge in [0.05, 0.1) is 0 Å². The summed E-state index contributed by atoms with van der Waals surface area (Å²) in [6.07, 6.45) is 0. The van der Waals surface area contributed by atoms with Crippen LogP contribution in [-0.4, -0.2) is 22.0 Å². The maximum Gasteiger partial charge on any atom is 0.382 e. The zero-order valence-electron chi connectivity index (χ0n) is 5.20. The first-order valence-corrected chi connectivity index (χ1v) is 2.42. The quantitative estimate of drug-likeness (QED) is 0.311. The Labute approximate surface area is 56.8 Å². The van der Waals surface area contributed by atoms with E-state index >= 15 is 0 Å². The van der Waals surface area contributed by atoms with Crippen molar-refractivity contribution in [2.75, 3.05) is 0 Å². The summed E-state index contributed by atoms with van der Waals surface area (Å²) in [5.41, 5.74) is 0. The Morgan fingerprint density at radius 1 is 1.80 bits per heavy atom. The minimum Gasteiger partial charge on any atom is -0.472 e. The number of carboxylic acid groups (broad SMARTS) is 1. The highest BCUT2D eigenvalue weighted by Crippen LogP contribution is 1.82. The molecule has 0 aromatic heterocycles. The van der Waals surface area contributed by atoms with Crippen LogP contribution in [0.4, 0.5) is 0 Å². The van der Waals surface area contributed by atoms with Crippen LogP contribution >= 0.6 is 0 Å². The average Bonchev–Trinajstić information content (AvgIpc) is 1.82. The lowest BCUT2D eigenvalue weighted by Crippen LogP contribution is -2.12. The third-order valence-electron chi connectivity index (χ3n) is 0.704. The molecule has 0 aliphatic heterocycles. The molecule has 1 N–H and O–H groups in total. The molecule has 5 heteroatoms. The van der Waals surface area contributed by atoms with E-state index in [1.165, 1.54) is 6.92 Å². The Bertz CT molecular complexity index is 211. The summed E-state index contributed by atoms with van der Waals surface area (Å²) < 4.78 is 0. The van der Waals surface area contributed by atoms with Crippen LogP contribution < -0.4 is 0 Å². The van der Waals surface area contributed by atoms with Crippen LogP contribution in [0.15, 0.2) is 0 Å². The summed E-state index contributed by atoms with van der Waals surface area (Å²) in [6, 6.07) is -1.11. The number of carboxylic acids is 1. The Morgan fingerprint density at radius 3 is 2.60 bits per heavy atom. The number of hydrogen-bond donors (Lipinski definition) is 1. The van der Waals surface area contributed by atoms with Gasteiger partial charge in [-0.1, -0.05) is 0 Å². The minimum atomic E-state index is -1.35. The van der Waals surface area contributed by atoms with Crippen LogP contribution in [0.2, 0.25) is 0 Å². The maximum absolute atomic E-state index is 9.82. The molecule has 0 aromatic rings. The highest BCUT2D eigenvalue weighted by molar-refractivity contribution is 5.86. The molecule has 0 heterocycles. The van der Waals surface area contributed by atoms with Gasteiger partial charge in [-0.25, -0.2) is 4.79 Å². The predicted octanol–water partition coefficient (Wildman–Crippen LogP) is -0.260. The molecule has 0 spiro atoms.